The van der Waals surface area contributed by atoms with Gasteiger partial charge in [0.15, 0.2) is 0 Å². The van der Waals surface area contributed by atoms with Crippen LogP contribution in [-0.4, -0.2) is 18.6 Å². The Labute approximate surface area is 127 Å². The number of methoxy groups -OCH3 is 1. The molecule has 1 aliphatic rings. The molecule has 0 saturated heterocycles. The van der Waals surface area contributed by atoms with Crippen LogP contribution in [0.25, 0.3) is 0 Å². The van der Waals surface area contributed by atoms with E-state index >= 15 is 0 Å². The van der Waals surface area contributed by atoms with Gasteiger partial charge in [0.05, 0.1) is 13.2 Å². The smallest absolute Gasteiger partial charge is 0.222 e. The van der Waals surface area contributed by atoms with Gasteiger partial charge < -0.3 is 15.8 Å². The lowest BCUT2D eigenvalue weighted by Crippen LogP contribution is -2.46. The van der Waals surface area contributed by atoms with E-state index in [9.17, 15) is 4.79 Å². The molecule has 1 amide bonds. The number of ether oxygens (including phenoxy) is 1. The molecule has 116 valence electrons. The van der Waals surface area contributed by atoms with Crippen molar-refractivity contribution >= 4 is 5.91 Å². The number of carbonyl (C=O) groups excluding carboxylic acids is 1. The maximum atomic E-state index is 12.2. The minimum atomic E-state index is -0.309. The number of rotatable bonds is 5. The van der Waals surface area contributed by atoms with Crippen molar-refractivity contribution in [2.75, 3.05) is 7.11 Å². The summed E-state index contributed by atoms with van der Waals surface area (Å²) in [5.41, 5.74) is 7.07. The zero-order chi connectivity index (χ0) is 15.3. The van der Waals surface area contributed by atoms with E-state index in [0.29, 0.717) is 6.42 Å². The van der Waals surface area contributed by atoms with Crippen molar-refractivity contribution in [1.29, 1.82) is 0 Å². The molecule has 1 atom stereocenters. The van der Waals surface area contributed by atoms with Gasteiger partial charge in [0.1, 0.15) is 5.75 Å². The van der Waals surface area contributed by atoms with Crippen LogP contribution in [-0.2, 0) is 4.79 Å². The molecular formula is C17H26N2O2. The fourth-order valence-corrected chi connectivity index (χ4v) is 3.04. The number of carbonyl (C=O) groups is 1. The van der Waals surface area contributed by atoms with Crippen LogP contribution < -0.4 is 15.8 Å². The summed E-state index contributed by atoms with van der Waals surface area (Å²) in [5.74, 6) is 0.839. The third-order valence-corrected chi connectivity index (χ3v) is 4.33. The quantitative estimate of drug-likeness (QED) is 0.876. The number of nitrogens with one attached hydrogen (secondary N) is 1. The van der Waals surface area contributed by atoms with Crippen molar-refractivity contribution in [2.24, 2.45) is 5.73 Å². The monoisotopic (exact) mass is 290 g/mol. The summed E-state index contributed by atoms with van der Waals surface area (Å²) in [4.78, 5) is 12.2. The molecule has 0 aromatic heterocycles. The average molecular weight is 290 g/mol. The molecule has 0 heterocycles. The van der Waals surface area contributed by atoms with Gasteiger partial charge in [-0.2, -0.15) is 0 Å². The summed E-state index contributed by atoms with van der Waals surface area (Å²) < 4.78 is 5.21. The van der Waals surface area contributed by atoms with Crippen molar-refractivity contribution in [3.05, 3.63) is 29.8 Å². The maximum absolute atomic E-state index is 12.2. The van der Waals surface area contributed by atoms with E-state index in [0.717, 1.165) is 37.0 Å². The predicted octanol–water partition coefficient (Wildman–Crippen LogP) is 2.92. The Morgan fingerprint density at radius 3 is 2.76 bits per heavy atom. The van der Waals surface area contributed by atoms with E-state index in [-0.39, 0.29) is 17.5 Å². The first-order chi connectivity index (χ1) is 10.0. The van der Waals surface area contributed by atoms with E-state index in [1.165, 1.54) is 6.42 Å². The zero-order valence-electron chi connectivity index (χ0n) is 13.0. The molecule has 1 saturated carbocycles. The highest BCUT2D eigenvalue weighted by Crippen LogP contribution is 2.29. The molecule has 4 nitrogen and oxygen atoms in total. The largest absolute Gasteiger partial charge is 0.497 e. The van der Waals surface area contributed by atoms with Crippen LogP contribution in [0.1, 0.15) is 57.1 Å². The summed E-state index contributed by atoms with van der Waals surface area (Å²) in [7, 11) is 1.64. The molecule has 1 aliphatic carbocycles. The van der Waals surface area contributed by atoms with Crippen LogP contribution >= 0.6 is 0 Å². The minimum absolute atomic E-state index is 0.0368. The number of amides is 1. The van der Waals surface area contributed by atoms with E-state index in [2.05, 4.69) is 5.32 Å². The molecule has 1 aromatic carbocycles. The number of nitrogens with two attached hydrogens (primary N) is 1. The minimum Gasteiger partial charge on any atom is -0.497 e. The molecule has 0 unspecified atom stereocenters. The van der Waals surface area contributed by atoms with Gasteiger partial charge in [0.2, 0.25) is 5.91 Å². The molecule has 3 N–H and O–H groups in total. The van der Waals surface area contributed by atoms with Gasteiger partial charge in [0.25, 0.3) is 0 Å². The third-order valence-electron chi connectivity index (χ3n) is 4.33. The highest BCUT2D eigenvalue weighted by Gasteiger charge is 2.30. The van der Waals surface area contributed by atoms with E-state index in [4.69, 9.17) is 10.5 Å². The second-order valence-corrected chi connectivity index (χ2v) is 6.17. The number of benzene rings is 1. The van der Waals surface area contributed by atoms with Crippen LogP contribution in [0.2, 0.25) is 0 Å². The van der Waals surface area contributed by atoms with Gasteiger partial charge in [0, 0.05) is 12.0 Å². The summed E-state index contributed by atoms with van der Waals surface area (Å²) in [6, 6.07) is 7.73. The highest BCUT2D eigenvalue weighted by atomic mass is 16.5. The summed E-state index contributed by atoms with van der Waals surface area (Å²) in [5, 5.41) is 3.05. The first-order valence-corrected chi connectivity index (χ1v) is 7.75. The second kappa shape index (κ2) is 6.94. The SMILES string of the molecule is COc1cccc([C@H](C)NC(=O)CC2(N)CCCCC2)c1. The topological polar surface area (TPSA) is 64.3 Å². The fourth-order valence-electron chi connectivity index (χ4n) is 3.04. The molecule has 1 aromatic rings. The van der Waals surface area contributed by atoms with Crippen molar-refractivity contribution in [3.8, 4) is 5.75 Å². The Morgan fingerprint density at radius 1 is 1.38 bits per heavy atom. The Bertz CT molecular complexity index is 481. The van der Waals surface area contributed by atoms with Crippen LogP contribution in [0.15, 0.2) is 24.3 Å². The summed E-state index contributed by atoms with van der Waals surface area (Å²) >= 11 is 0. The van der Waals surface area contributed by atoms with E-state index in [1.54, 1.807) is 7.11 Å². The second-order valence-electron chi connectivity index (χ2n) is 6.17. The highest BCUT2D eigenvalue weighted by molar-refractivity contribution is 5.77. The zero-order valence-corrected chi connectivity index (χ0v) is 13.0. The van der Waals surface area contributed by atoms with E-state index in [1.807, 2.05) is 31.2 Å². The number of hydrogen-bond donors (Lipinski definition) is 2. The Kier molecular flexibility index (Phi) is 5.23. The summed E-state index contributed by atoms with van der Waals surface area (Å²) in [6.45, 7) is 1.98. The molecule has 0 aliphatic heterocycles. The van der Waals surface area contributed by atoms with E-state index < -0.39 is 0 Å². The lowest BCUT2D eigenvalue weighted by molar-refractivity contribution is -0.123. The van der Waals surface area contributed by atoms with Gasteiger partial charge in [-0.1, -0.05) is 31.4 Å². The maximum Gasteiger partial charge on any atom is 0.222 e. The molecule has 2 rings (SSSR count). The standard InChI is InChI=1S/C17H26N2O2/c1-13(14-7-6-8-15(11-14)21-2)19-16(20)12-17(18)9-4-3-5-10-17/h6-8,11,13H,3-5,9-10,12,18H2,1-2H3,(H,19,20)/t13-/m0/s1. The lowest BCUT2D eigenvalue weighted by atomic mass is 9.80. The molecule has 0 spiro atoms. The normalized spacial score (nSPS) is 18.8. The molecule has 0 radical (unpaired) electrons. The van der Waals surface area contributed by atoms with Crippen molar-refractivity contribution in [3.63, 3.8) is 0 Å². The molecular weight excluding hydrogens is 264 g/mol. The Balaban J connectivity index is 1.92. The van der Waals surface area contributed by atoms with Gasteiger partial charge in [-0.05, 0) is 37.5 Å². The summed E-state index contributed by atoms with van der Waals surface area (Å²) in [6.07, 6.45) is 5.83. The predicted molar refractivity (Wildman–Crippen MR) is 84.2 cm³/mol. The van der Waals surface area contributed by atoms with Gasteiger partial charge >= 0.3 is 0 Å². The Hall–Kier alpha value is -1.55. The van der Waals surface area contributed by atoms with Crippen molar-refractivity contribution in [2.45, 2.75) is 57.0 Å². The fraction of sp³-hybridized carbons (Fsp3) is 0.588. The van der Waals surface area contributed by atoms with Gasteiger partial charge in [-0.25, -0.2) is 0 Å². The van der Waals surface area contributed by atoms with Gasteiger partial charge in [-0.15, -0.1) is 0 Å². The Morgan fingerprint density at radius 2 is 2.10 bits per heavy atom. The van der Waals surface area contributed by atoms with Crippen LogP contribution in [0.4, 0.5) is 0 Å². The molecule has 4 heteroatoms. The molecule has 21 heavy (non-hydrogen) atoms. The average Bonchev–Trinajstić information content (AvgIpc) is 2.47. The van der Waals surface area contributed by atoms with Crippen LogP contribution in [0.3, 0.4) is 0 Å². The van der Waals surface area contributed by atoms with Crippen LogP contribution in [0, 0.1) is 0 Å². The third kappa shape index (κ3) is 4.46. The van der Waals surface area contributed by atoms with Crippen molar-refractivity contribution in [1.82, 2.24) is 5.32 Å². The van der Waals surface area contributed by atoms with Gasteiger partial charge in [-0.3, -0.25) is 4.79 Å². The first-order valence-electron chi connectivity index (χ1n) is 7.75. The first kappa shape index (κ1) is 15.8. The lowest BCUT2D eigenvalue weighted by Gasteiger charge is -2.33. The number of hydrogen-bond acceptors (Lipinski definition) is 3. The van der Waals surface area contributed by atoms with Crippen molar-refractivity contribution < 1.29 is 9.53 Å². The molecule has 1 fully saturated rings. The van der Waals surface area contributed by atoms with Crippen LogP contribution in [0.5, 0.6) is 5.75 Å². The molecule has 0 bridgehead atoms.